The minimum absolute atomic E-state index is 0.00666. The van der Waals surface area contributed by atoms with Crippen molar-refractivity contribution in [1.29, 1.82) is 0 Å². The summed E-state index contributed by atoms with van der Waals surface area (Å²) in [6.07, 6.45) is 3.03. The lowest BCUT2D eigenvalue weighted by Gasteiger charge is -2.31. The van der Waals surface area contributed by atoms with E-state index in [2.05, 4.69) is 43.2 Å². The Hall–Kier alpha value is -2.86. The van der Waals surface area contributed by atoms with Crippen LogP contribution in [0.5, 0.6) is 0 Å². The van der Waals surface area contributed by atoms with E-state index in [1.165, 1.54) is 0 Å². The fraction of sp³-hybridized carbons (Fsp3) is 0.444. The van der Waals surface area contributed by atoms with Crippen LogP contribution in [0.15, 0.2) is 53.5 Å². The van der Waals surface area contributed by atoms with Gasteiger partial charge in [0.05, 0.1) is 12.6 Å². The Morgan fingerprint density at radius 2 is 1.79 bits per heavy atom. The van der Waals surface area contributed by atoms with E-state index in [1.54, 1.807) is 13.1 Å². The number of rotatable bonds is 11. The maximum atomic E-state index is 12.5. The van der Waals surface area contributed by atoms with Crippen molar-refractivity contribution in [1.82, 2.24) is 15.5 Å². The molecule has 6 nitrogen and oxygen atoms in total. The zero-order valence-corrected chi connectivity index (χ0v) is 21.7. The molecule has 2 aromatic carbocycles. The van der Waals surface area contributed by atoms with E-state index in [9.17, 15) is 9.59 Å². The number of likely N-dealkylation sites (N-methyl/N-ethyl adjacent to an activating group) is 1. The van der Waals surface area contributed by atoms with Crippen molar-refractivity contribution >= 4 is 29.3 Å². The number of aliphatic imine (C=N–C) groups is 1. The first kappa shape index (κ1) is 27.4. The van der Waals surface area contributed by atoms with Gasteiger partial charge in [-0.2, -0.15) is 0 Å². The topological polar surface area (TPSA) is 73.8 Å². The molecule has 1 atom stereocenters. The highest BCUT2D eigenvalue weighted by molar-refractivity contribution is 6.30. The first-order chi connectivity index (χ1) is 16.2. The van der Waals surface area contributed by atoms with Gasteiger partial charge < -0.3 is 15.5 Å². The van der Waals surface area contributed by atoms with Crippen LogP contribution in [-0.2, 0) is 11.3 Å². The minimum atomic E-state index is -0.266. The van der Waals surface area contributed by atoms with Crippen LogP contribution >= 0.6 is 11.6 Å². The molecule has 1 unspecified atom stereocenters. The number of amidine groups is 1. The number of carbonyl (C=O) groups is 2. The normalized spacial score (nSPS) is 12.4. The summed E-state index contributed by atoms with van der Waals surface area (Å²) in [5.41, 5.74) is 2.67. The third-order valence-corrected chi connectivity index (χ3v) is 5.89. The van der Waals surface area contributed by atoms with Gasteiger partial charge in [0, 0.05) is 36.6 Å². The number of halogens is 1. The Bertz CT molecular complexity index is 973. The molecule has 34 heavy (non-hydrogen) atoms. The highest BCUT2D eigenvalue weighted by Crippen LogP contribution is 2.22. The maximum Gasteiger partial charge on any atom is 0.251 e. The largest absolute Gasteiger partial charge is 0.358 e. The van der Waals surface area contributed by atoms with Gasteiger partial charge in [-0.05, 0) is 62.6 Å². The Labute approximate surface area is 208 Å². The second-order valence-corrected chi connectivity index (χ2v) is 9.09. The average Bonchev–Trinajstić information content (AvgIpc) is 2.83. The van der Waals surface area contributed by atoms with Crippen LogP contribution in [0.2, 0.25) is 5.02 Å². The average molecular weight is 485 g/mol. The molecule has 7 heteroatoms. The summed E-state index contributed by atoms with van der Waals surface area (Å²) in [7, 11) is 1.54. The van der Waals surface area contributed by atoms with Gasteiger partial charge in [-0.25, -0.2) is 0 Å². The summed E-state index contributed by atoms with van der Waals surface area (Å²) in [5.74, 6) is 0.564. The first-order valence-corrected chi connectivity index (χ1v) is 12.3. The second-order valence-electron chi connectivity index (χ2n) is 8.65. The van der Waals surface area contributed by atoms with E-state index in [0.29, 0.717) is 17.1 Å². The van der Waals surface area contributed by atoms with Gasteiger partial charge in [0.1, 0.15) is 5.84 Å². The van der Waals surface area contributed by atoms with E-state index in [4.69, 9.17) is 16.6 Å². The molecule has 0 aliphatic carbocycles. The molecule has 0 heterocycles. The number of benzene rings is 2. The number of nitrogens with zero attached hydrogens (tertiary/aromatic N) is 2. The van der Waals surface area contributed by atoms with Gasteiger partial charge >= 0.3 is 0 Å². The zero-order chi connectivity index (χ0) is 25.1. The van der Waals surface area contributed by atoms with Crippen LogP contribution in [-0.4, -0.2) is 42.2 Å². The summed E-state index contributed by atoms with van der Waals surface area (Å²) in [5, 5.41) is 5.87. The number of hydrogen-bond donors (Lipinski definition) is 2. The summed E-state index contributed by atoms with van der Waals surface area (Å²) in [6.45, 7) is 9.20. The predicted molar refractivity (Wildman–Crippen MR) is 140 cm³/mol. The number of unbranched alkanes of at least 4 members (excludes halogenated alkanes) is 1. The van der Waals surface area contributed by atoms with E-state index in [0.717, 1.165) is 36.2 Å². The van der Waals surface area contributed by atoms with Crippen molar-refractivity contribution < 1.29 is 9.59 Å². The van der Waals surface area contributed by atoms with Crippen LogP contribution in [0.25, 0.3) is 0 Å². The molecule has 2 aromatic rings. The molecule has 2 amide bonds. The number of hydrogen-bond acceptors (Lipinski definition) is 3. The molecular weight excluding hydrogens is 448 g/mol. The van der Waals surface area contributed by atoms with Crippen molar-refractivity contribution in [3.8, 4) is 0 Å². The monoisotopic (exact) mass is 484 g/mol. The highest BCUT2D eigenvalue weighted by Gasteiger charge is 2.18. The molecule has 0 saturated heterocycles. The standard InChI is InChI=1S/C27H37ClN4O2/c1-6-7-11-25(31-20(4)22-12-14-24(28)15-13-22)32(19(2)3)18-21-9-8-10-23(16-21)27(34)30-17-26(33)29-5/h8-10,12-16,19-20H,6-7,11,17-18H2,1-5H3,(H,29,33)(H,30,34). The van der Waals surface area contributed by atoms with Crippen molar-refractivity contribution in [3.63, 3.8) is 0 Å². The van der Waals surface area contributed by atoms with E-state index < -0.39 is 0 Å². The maximum absolute atomic E-state index is 12.5. The molecule has 0 fully saturated rings. The lowest BCUT2D eigenvalue weighted by molar-refractivity contribution is -0.119. The fourth-order valence-electron chi connectivity index (χ4n) is 3.59. The Morgan fingerprint density at radius 1 is 1.09 bits per heavy atom. The quantitative estimate of drug-likeness (QED) is 0.332. The summed E-state index contributed by atoms with van der Waals surface area (Å²) < 4.78 is 0. The third-order valence-electron chi connectivity index (χ3n) is 5.63. The van der Waals surface area contributed by atoms with Crippen LogP contribution in [0.3, 0.4) is 0 Å². The SMILES string of the molecule is CCCCC(=NC(C)c1ccc(Cl)cc1)N(Cc1cccc(C(=O)NCC(=O)NC)c1)C(C)C. The van der Waals surface area contributed by atoms with E-state index in [1.807, 2.05) is 42.5 Å². The van der Waals surface area contributed by atoms with Gasteiger partial charge in [-0.3, -0.25) is 14.6 Å². The molecule has 2 rings (SSSR count). The van der Waals surface area contributed by atoms with Gasteiger partial charge in [0.2, 0.25) is 5.91 Å². The first-order valence-electron chi connectivity index (χ1n) is 11.9. The van der Waals surface area contributed by atoms with Crippen molar-refractivity contribution in [3.05, 3.63) is 70.2 Å². The molecule has 0 aliphatic rings. The lowest BCUT2D eigenvalue weighted by Crippen LogP contribution is -2.37. The van der Waals surface area contributed by atoms with Crippen molar-refractivity contribution in [2.45, 2.75) is 65.6 Å². The molecular formula is C27H37ClN4O2. The molecule has 0 radical (unpaired) electrons. The van der Waals surface area contributed by atoms with Gasteiger partial charge in [-0.15, -0.1) is 0 Å². The zero-order valence-electron chi connectivity index (χ0n) is 20.9. The minimum Gasteiger partial charge on any atom is -0.358 e. The molecule has 2 N–H and O–H groups in total. The van der Waals surface area contributed by atoms with Crippen molar-refractivity contribution in [2.75, 3.05) is 13.6 Å². The molecule has 0 aromatic heterocycles. The third kappa shape index (κ3) is 8.49. The molecule has 184 valence electrons. The summed E-state index contributed by atoms with van der Waals surface area (Å²) >= 11 is 6.06. The second kappa shape index (κ2) is 13.8. The predicted octanol–water partition coefficient (Wildman–Crippen LogP) is 5.38. The smallest absolute Gasteiger partial charge is 0.251 e. The van der Waals surface area contributed by atoms with Crippen LogP contribution in [0.4, 0.5) is 0 Å². The van der Waals surface area contributed by atoms with Crippen LogP contribution in [0, 0.1) is 0 Å². The van der Waals surface area contributed by atoms with Crippen LogP contribution in [0.1, 0.15) is 74.5 Å². The lowest BCUT2D eigenvalue weighted by atomic mass is 10.1. The number of nitrogens with one attached hydrogen (secondary N) is 2. The van der Waals surface area contributed by atoms with Crippen LogP contribution < -0.4 is 10.6 Å². The Balaban J connectivity index is 2.26. The van der Waals surface area contributed by atoms with Gasteiger partial charge in [0.15, 0.2) is 0 Å². The Kier molecular flexibility index (Phi) is 11.1. The molecule has 0 aliphatic heterocycles. The van der Waals surface area contributed by atoms with Crippen molar-refractivity contribution in [2.24, 2.45) is 4.99 Å². The molecule has 0 spiro atoms. The van der Waals surface area contributed by atoms with Gasteiger partial charge in [0.25, 0.3) is 5.91 Å². The molecule has 0 saturated carbocycles. The summed E-state index contributed by atoms with van der Waals surface area (Å²) in [6, 6.07) is 15.6. The highest BCUT2D eigenvalue weighted by atomic mass is 35.5. The van der Waals surface area contributed by atoms with E-state index >= 15 is 0 Å². The number of carbonyl (C=O) groups excluding carboxylic acids is 2. The van der Waals surface area contributed by atoms with Gasteiger partial charge in [-0.1, -0.05) is 49.2 Å². The molecule has 0 bridgehead atoms. The van der Waals surface area contributed by atoms with E-state index in [-0.39, 0.29) is 30.4 Å². The summed E-state index contributed by atoms with van der Waals surface area (Å²) in [4.78, 5) is 31.4. The Morgan fingerprint density at radius 3 is 2.41 bits per heavy atom. The fourth-order valence-corrected chi connectivity index (χ4v) is 3.71. The number of amides is 2.